The number of carbonyl (C=O) groups is 2. The highest BCUT2D eigenvalue weighted by Gasteiger charge is 2.36. The Morgan fingerprint density at radius 2 is 1.96 bits per heavy atom. The van der Waals surface area contributed by atoms with Crippen LogP contribution in [-0.4, -0.2) is 41.0 Å². The van der Waals surface area contributed by atoms with Crippen LogP contribution < -0.4 is 10.2 Å². The summed E-state index contributed by atoms with van der Waals surface area (Å²) in [5.41, 5.74) is 2.26. The third kappa shape index (κ3) is 3.65. The van der Waals surface area contributed by atoms with Crippen LogP contribution in [-0.2, 0) is 0 Å². The van der Waals surface area contributed by atoms with Gasteiger partial charge in [0.15, 0.2) is 0 Å². The summed E-state index contributed by atoms with van der Waals surface area (Å²) in [7, 11) is 0. The van der Waals surface area contributed by atoms with Gasteiger partial charge in [-0.05, 0) is 44.0 Å². The van der Waals surface area contributed by atoms with Crippen LogP contribution in [0.2, 0.25) is 0 Å². The third-order valence-electron chi connectivity index (χ3n) is 5.37. The quantitative estimate of drug-likeness (QED) is 0.897. The van der Waals surface area contributed by atoms with Crippen molar-refractivity contribution in [2.75, 3.05) is 23.3 Å². The van der Waals surface area contributed by atoms with Crippen LogP contribution in [0.25, 0.3) is 0 Å². The first-order valence-electron chi connectivity index (χ1n) is 9.54. The summed E-state index contributed by atoms with van der Waals surface area (Å²) < 4.78 is 0. The van der Waals surface area contributed by atoms with Gasteiger partial charge in [0.2, 0.25) is 0 Å². The largest absolute Gasteiger partial charge is 0.326 e. The summed E-state index contributed by atoms with van der Waals surface area (Å²) in [6.45, 7) is 3.38. The number of nitrogens with zero attached hydrogens (tertiary/aromatic N) is 3. The monoisotopic (exact) mass is 364 g/mol. The van der Waals surface area contributed by atoms with Gasteiger partial charge in [-0.25, -0.2) is 9.78 Å². The first-order valence-corrected chi connectivity index (χ1v) is 9.54. The summed E-state index contributed by atoms with van der Waals surface area (Å²) >= 11 is 0. The summed E-state index contributed by atoms with van der Waals surface area (Å²) in [6, 6.07) is 11.5. The van der Waals surface area contributed by atoms with Crippen LogP contribution in [0.1, 0.15) is 41.6 Å². The molecule has 2 heterocycles. The number of pyridine rings is 1. The van der Waals surface area contributed by atoms with Crippen molar-refractivity contribution in [3.8, 4) is 0 Å². The van der Waals surface area contributed by atoms with Crippen LogP contribution in [0.3, 0.4) is 0 Å². The molecule has 0 spiro atoms. The number of carbonyl (C=O) groups excluding carboxylic acids is 2. The average molecular weight is 364 g/mol. The van der Waals surface area contributed by atoms with E-state index < -0.39 is 0 Å². The van der Waals surface area contributed by atoms with Crippen LogP contribution in [0, 0.1) is 6.92 Å². The van der Waals surface area contributed by atoms with Crippen molar-refractivity contribution in [2.45, 2.75) is 38.6 Å². The van der Waals surface area contributed by atoms with Gasteiger partial charge in [-0.1, -0.05) is 30.5 Å². The molecular weight excluding hydrogens is 340 g/mol. The Hall–Kier alpha value is -2.89. The van der Waals surface area contributed by atoms with Gasteiger partial charge >= 0.3 is 6.03 Å². The predicted molar refractivity (Wildman–Crippen MR) is 105 cm³/mol. The summed E-state index contributed by atoms with van der Waals surface area (Å²) in [6.07, 6.45) is 6.24. The number of nitrogens with one attached hydrogen (secondary N) is 1. The fourth-order valence-corrected chi connectivity index (χ4v) is 3.93. The van der Waals surface area contributed by atoms with Gasteiger partial charge in [0, 0.05) is 24.7 Å². The van der Waals surface area contributed by atoms with E-state index in [1.165, 1.54) is 12.8 Å². The van der Waals surface area contributed by atoms with Crippen molar-refractivity contribution in [3.05, 3.63) is 53.7 Å². The summed E-state index contributed by atoms with van der Waals surface area (Å²) in [5.74, 6) is 0.465. The summed E-state index contributed by atoms with van der Waals surface area (Å²) in [5, 5.41) is 2.85. The molecule has 3 amide bonds. The highest BCUT2D eigenvalue weighted by Crippen LogP contribution is 2.28. The molecule has 0 unspecified atom stereocenters. The number of hydrogen-bond donors (Lipinski definition) is 1. The SMILES string of the molecule is Cc1cccc(C(=O)Nc2ccc(N3CCN(C4CCCC4)C3=O)nc2)c1. The second-order valence-electron chi connectivity index (χ2n) is 7.29. The van der Waals surface area contributed by atoms with Gasteiger partial charge in [0.05, 0.1) is 11.9 Å². The molecule has 1 N–H and O–H groups in total. The number of anilines is 2. The molecule has 1 aromatic carbocycles. The normalized spacial score (nSPS) is 17.6. The molecule has 27 heavy (non-hydrogen) atoms. The Labute approximate surface area is 159 Å². The minimum atomic E-state index is -0.169. The zero-order valence-electron chi connectivity index (χ0n) is 15.5. The topological polar surface area (TPSA) is 65.5 Å². The highest BCUT2D eigenvalue weighted by molar-refractivity contribution is 6.04. The molecular formula is C21H24N4O2. The molecule has 1 saturated carbocycles. The molecule has 2 aromatic rings. The Bertz CT molecular complexity index is 844. The molecule has 1 saturated heterocycles. The van der Waals surface area contributed by atoms with Crippen molar-refractivity contribution < 1.29 is 9.59 Å². The fraction of sp³-hybridized carbons (Fsp3) is 0.381. The molecule has 6 nitrogen and oxygen atoms in total. The molecule has 0 bridgehead atoms. The van der Waals surface area contributed by atoms with E-state index in [-0.39, 0.29) is 11.9 Å². The summed E-state index contributed by atoms with van der Waals surface area (Å²) in [4.78, 5) is 33.2. The third-order valence-corrected chi connectivity index (χ3v) is 5.37. The van der Waals surface area contributed by atoms with Crippen LogP contribution in [0.5, 0.6) is 0 Å². The zero-order valence-corrected chi connectivity index (χ0v) is 15.5. The number of rotatable bonds is 4. The zero-order chi connectivity index (χ0) is 18.8. The minimum absolute atomic E-state index is 0.0472. The smallest absolute Gasteiger partial charge is 0.321 e. The van der Waals surface area contributed by atoms with E-state index in [0.717, 1.165) is 24.9 Å². The first kappa shape index (κ1) is 17.5. The van der Waals surface area contributed by atoms with Crippen molar-refractivity contribution in [3.63, 3.8) is 0 Å². The van der Waals surface area contributed by atoms with Gasteiger partial charge in [-0.3, -0.25) is 9.69 Å². The molecule has 6 heteroatoms. The molecule has 1 aromatic heterocycles. The second-order valence-corrected chi connectivity index (χ2v) is 7.29. The number of hydrogen-bond acceptors (Lipinski definition) is 3. The first-order chi connectivity index (χ1) is 13.1. The number of aromatic nitrogens is 1. The average Bonchev–Trinajstić information content (AvgIpc) is 3.32. The van der Waals surface area contributed by atoms with Gasteiger partial charge in [-0.15, -0.1) is 0 Å². The number of amides is 3. The molecule has 140 valence electrons. The number of aryl methyl sites for hydroxylation is 1. The van der Waals surface area contributed by atoms with E-state index in [2.05, 4.69) is 10.3 Å². The highest BCUT2D eigenvalue weighted by atomic mass is 16.2. The maximum atomic E-state index is 12.7. The maximum absolute atomic E-state index is 12.7. The van der Waals surface area contributed by atoms with E-state index in [9.17, 15) is 9.59 Å². The predicted octanol–water partition coefficient (Wildman–Crippen LogP) is 3.83. The van der Waals surface area contributed by atoms with Crippen LogP contribution >= 0.6 is 0 Å². The molecule has 0 radical (unpaired) electrons. The second kappa shape index (κ2) is 7.39. The Morgan fingerprint density at radius 3 is 2.67 bits per heavy atom. The lowest BCUT2D eigenvalue weighted by molar-refractivity contribution is 0.102. The van der Waals surface area contributed by atoms with Crippen molar-refractivity contribution >= 4 is 23.4 Å². The molecule has 1 aliphatic carbocycles. The van der Waals surface area contributed by atoms with E-state index >= 15 is 0 Å². The van der Waals surface area contributed by atoms with Crippen molar-refractivity contribution in [1.82, 2.24) is 9.88 Å². The van der Waals surface area contributed by atoms with Crippen LogP contribution in [0.4, 0.5) is 16.3 Å². The molecule has 2 aliphatic rings. The maximum Gasteiger partial charge on any atom is 0.326 e. The molecule has 1 aliphatic heterocycles. The lowest BCUT2D eigenvalue weighted by Gasteiger charge is -2.23. The number of urea groups is 1. The van der Waals surface area contributed by atoms with E-state index in [0.29, 0.717) is 29.7 Å². The van der Waals surface area contributed by atoms with Gasteiger partial charge < -0.3 is 10.2 Å². The van der Waals surface area contributed by atoms with E-state index in [1.54, 1.807) is 29.3 Å². The van der Waals surface area contributed by atoms with E-state index in [4.69, 9.17) is 0 Å². The Morgan fingerprint density at radius 1 is 1.15 bits per heavy atom. The Balaban J connectivity index is 1.42. The van der Waals surface area contributed by atoms with Gasteiger partial charge in [-0.2, -0.15) is 0 Å². The Kier molecular flexibility index (Phi) is 4.79. The van der Waals surface area contributed by atoms with Gasteiger partial charge in [0.25, 0.3) is 5.91 Å². The lowest BCUT2D eigenvalue weighted by atomic mass is 10.1. The minimum Gasteiger partial charge on any atom is -0.321 e. The molecule has 2 fully saturated rings. The van der Waals surface area contributed by atoms with Crippen molar-refractivity contribution in [2.24, 2.45) is 0 Å². The molecule has 0 atom stereocenters. The van der Waals surface area contributed by atoms with Gasteiger partial charge in [0.1, 0.15) is 5.82 Å². The van der Waals surface area contributed by atoms with Crippen molar-refractivity contribution in [1.29, 1.82) is 0 Å². The fourth-order valence-electron chi connectivity index (χ4n) is 3.93. The van der Waals surface area contributed by atoms with E-state index in [1.807, 2.05) is 30.0 Å². The molecule has 4 rings (SSSR count). The number of benzene rings is 1. The lowest BCUT2D eigenvalue weighted by Crippen LogP contribution is -2.38. The standard InChI is InChI=1S/C21H24N4O2/c1-15-5-4-6-16(13-15)20(26)23-17-9-10-19(22-14-17)25-12-11-24(21(25)27)18-7-2-3-8-18/h4-6,9-10,13-14,18H,2-3,7-8,11-12H2,1H3,(H,23,26). The van der Waals surface area contributed by atoms with Crippen LogP contribution in [0.15, 0.2) is 42.6 Å².